The Morgan fingerprint density at radius 1 is 0.828 bits per heavy atom. The van der Waals surface area contributed by atoms with Gasteiger partial charge >= 0.3 is 0 Å². The first kappa shape index (κ1) is 21.9. The Hall–Kier alpha value is -1.78. The van der Waals surface area contributed by atoms with Crippen LogP contribution in [0, 0.1) is 6.92 Å². The summed E-state index contributed by atoms with van der Waals surface area (Å²) in [6.45, 7) is 15.6. The number of aromatic nitrogens is 2. The van der Waals surface area contributed by atoms with Crippen molar-refractivity contribution in [3.63, 3.8) is 0 Å². The van der Waals surface area contributed by atoms with Gasteiger partial charge in [-0.3, -0.25) is 0 Å². The third-order valence-corrected chi connectivity index (χ3v) is 7.69. The molecule has 29 heavy (non-hydrogen) atoms. The summed E-state index contributed by atoms with van der Waals surface area (Å²) in [7, 11) is 0. The summed E-state index contributed by atoms with van der Waals surface area (Å²) >= 11 is 3.49. The Bertz CT molecular complexity index is 1090. The van der Waals surface area contributed by atoms with Gasteiger partial charge in [0.05, 0.1) is 31.0 Å². The first-order chi connectivity index (χ1) is 13.7. The van der Waals surface area contributed by atoms with Crippen LogP contribution in [0.25, 0.3) is 20.4 Å². The summed E-state index contributed by atoms with van der Waals surface area (Å²) in [6, 6.07) is 13.3. The number of fused-ring (bicyclic) bond motifs is 2. The zero-order chi connectivity index (χ0) is 21.2. The van der Waals surface area contributed by atoms with Crippen molar-refractivity contribution in [1.82, 2.24) is 9.97 Å². The lowest BCUT2D eigenvalue weighted by Gasteiger charge is -2.27. The van der Waals surface area contributed by atoms with Crippen LogP contribution in [-0.2, 0) is 10.8 Å². The molecular formula is C25H32N2S2. The quantitative estimate of drug-likeness (QED) is 0.331. The Morgan fingerprint density at radius 2 is 1.52 bits per heavy atom. The summed E-state index contributed by atoms with van der Waals surface area (Å²) < 4.78 is 2.59. The molecule has 0 amide bonds. The molecule has 4 heteroatoms. The van der Waals surface area contributed by atoms with E-state index in [1.165, 1.54) is 33.4 Å². The van der Waals surface area contributed by atoms with Gasteiger partial charge in [-0.25, -0.2) is 9.97 Å². The highest BCUT2D eigenvalue weighted by Crippen LogP contribution is 2.34. The van der Waals surface area contributed by atoms with Crippen LogP contribution in [-0.4, -0.2) is 9.97 Å². The maximum absolute atomic E-state index is 4.51. The highest BCUT2D eigenvalue weighted by Gasteiger charge is 2.22. The van der Waals surface area contributed by atoms with Gasteiger partial charge in [0.15, 0.2) is 0 Å². The minimum absolute atomic E-state index is 0.220. The predicted octanol–water partition coefficient (Wildman–Crippen LogP) is 8.28. The molecular weight excluding hydrogens is 392 g/mol. The van der Waals surface area contributed by atoms with Crippen LogP contribution in [0.2, 0.25) is 0 Å². The summed E-state index contributed by atoms with van der Waals surface area (Å²) in [4.78, 5) is 8.82. The van der Waals surface area contributed by atoms with E-state index in [-0.39, 0.29) is 5.41 Å². The summed E-state index contributed by atoms with van der Waals surface area (Å²) in [5.41, 5.74) is 7.50. The molecule has 0 saturated heterocycles. The van der Waals surface area contributed by atoms with Gasteiger partial charge in [-0.1, -0.05) is 53.7 Å². The van der Waals surface area contributed by atoms with Gasteiger partial charge in [0.25, 0.3) is 0 Å². The number of nitrogens with zero attached hydrogens (tertiary/aromatic N) is 2. The Kier molecular flexibility index (Phi) is 6.45. The third-order valence-electron chi connectivity index (χ3n) is 5.95. The lowest BCUT2D eigenvalue weighted by molar-refractivity contribution is 0.439. The molecule has 2 aromatic heterocycles. The Labute approximate surface area is 183 Å². The predicted molar refractivity (Wildman–Crippen MR) is 131 cm³/mol. The smallest absolute Gasteiger partial charge is 0.0907 e. The highest BCUT2D eigenvalue weighted by atomic mass is 32.1. The van der Waals surface area contributed by atoms with Gasteiger partial charge in [-0.05, 0) is 66.0 Å². The fraction of sp³-hybridized carbons (Fsp3) is 0.440. The number of aryl methyl sites for hydroxylation is 1. The van der Waals surface area contributed by atoms with Crippen LogP contribution in [0.3, 0.4) is 0 Å². The highest BCUT2D eigenvalue weighted by molar-refractivity contribution is 7.18. The second kappa shape index (κ2) is 8.53. The van der Waals surface area contributed by atoms with Crippen molar-refractivity contribution >= 4 is 43.1 Å². The molecule has 0 fully saturated rings. The minimum atomic E-state index is 0.220. The Balaban J connectivity index is 0.000000169. The molecule has 0 aliphatic carbocycles. The van der Waals surface area contributed by atoms with Gasteiger partial charge in [0, 0.05) is 0 Å². The number of rotatable bonds is 3. The van der Waals surface area contributed by atoms with E-state index >= 15 is 0 Å². The first-order valence-corrected chi connectivity index (χ1v) is 12.1. The van der Waals surface area contributed by atoms with Gasteiger partial charge in [0.1, 0.15) is 0 Å². The largest absolute Gasteiger partial charge is 0.245 e. The van der Waals surface area contributed by atoms with Crippen molar-refractivity contribution in [1.29, 1.82) is 0 Å². The summed E-state index contributed by atoms with van der Waals surface area (Å²) in [5, 5.41) is 1.15. The van der Waals surface area contributed by atoms with Crippen LogP contribution < -0.4 is 0 Å². The van der Waals surface area contributed by atoms with Gasteiger partial charge in [-0.2, -0.15) is 0 Å². The molecule has 0 aliphatic rings. The van der Waals surface area contributed by atoms with E-state index < -0.39 is 0 Å². The molecule has 2 aromatic carbocycles. The maximum Gasteiger partial charge on any atom is 0.0907 e. The van der Waals surface area contributed by atoms with Crippen molar-refractivity contribution in [2.24, 2.45) is 0 Å². The molecule has 4 rings (SSSR count). The average Bonchev–Trinajstić information content (AvgIpc) is 3.31. The molecule has 0 atom stereocenters. The monoisotopic (exact) mass is 424 g/mol. The van der Waals surface area contributed by atoms with Crippen LogP contribution in [0.5, 0.6) is 0 Å². The molecule has 0 N–H and O–H groups in total. The van der Waals surface area contributed by atoms with Crippen molar-refractivity contribution in [3.8, 4) is 0 Å². The topological polar surface area (TPSA) is 25.8 Å². The molecule has 0 saturated carbocycles. The molecule has 2 nitrogen and oxygen atoms in total. The molecule has 0 radical (unpaired) electrons. The number of thiazole rings is 2. The van der Waals surface area contributed by atoms with Crippen LogP contribution in [0.1, 0.15) is 70.5 Å². The second-order valence-electron chi connectivity index (χ2n) is 8.97. The Morgan fingerprint density at radius 3 is 2.17 bits per heavy atom. The first-order valence-electron chi connectivity index (χ1n) is 10.4. The minimum Gasteiger partial charge on any atom is -0.245 e. The fourth-order valence-electron chi connectivity index (χ4n) is 3.40. The van der Waals surface area contributed by atoms with Crippen molar-refractivity contribution in [3.05, 3.63) is 58.0 Å². The van der Waals surface area contributed by atoms with Crippen LogP contribution >= 0.6 is 22.7 Å². The molecule has 2 heterocycles. The average molecular weight is 425 g/mol. The standard InChI is InChI=1S/C14H19NS.C11H13NS/c1-5-14(4,6-2)11-7-8-12-13(9-11)16-10(3)15-12;1-11(2,3)8-4-5-10-9(6-8)12-7-13-10/h7-9H,5-6H2,1-4H3;4-7H,1-3H3. The van der Waals surface area contributed by atoms with E-state index in [1.54, 1.807) is 22.7 Å². The van der Waals surface area contributed by atoms with E-state index in [0.29, 0.717) is 5.41 Å². The molecule has 0 bridgehead atoms. The normalized spacial score (nSPS) is 12.2. The van der Waals surface area contributed by atoms with Gasteiger partial charge in [0.2, 0.25) is 0 Å². The maximum atomic E-state index is 4.51. The second-order valence-corrected chi connectivity index (χ2v) is 11.1. The molecule has 0 aliphatic heterocycles. The van der Waals surface area contributed by atoms with E-state index in [9.17, 15) is 0 Å². The molecule has 4 aromatic rings. The molecule has 0 spiro atoms. The van der Waals surface area contributed by atoms with Gasteiger partial charge < -0.3 is 0 Å². The lowest BCUT2D eigenvalue weighted by Crippen LogP contribution is -2.19. The zero-order valence-electron chi connectivity index (χ0n) is 18.7. The number of benzene rings is 2. The van der Waals surface area contributed by atoms with Crippen LogP contribution in [0.15, 0.2) is 41.9 Å². The van der Waals surface area contributed by atoms with E-state index in [0.717, 1.165) is 16.0 Å². The van der Waals surface area contributed by atoms with Crippen LogP contribution in [0.4, 0.5) is 0 Å². The van der Waals surface area contributed by atoms with Crippen molar-refractivity contribution in [2.45, 2.75) is 72.1 Å². The van der Waals surface area contributed by atoms with Crippen molar-refractivity contribution in [2.75, 3.05) is 0 Å². The number of hydrogen-bond donors (Lipinski definition) is 0. The fourth-order valence-corrected chi connectivity index (χ4v) is 4.92. The third kappa shape index (κ3) is 4.87. The lowest BCUT2D eigenvalue weighted by atomic mass is 9.78. The number of hydrogen-bond acceptors (Lipinski definition) is 4. The molecule has 154 valence electrons. The zero-order valence-corrected chi connectivity index (χ0v) is 20.3. The van der Waals surface area contributed by atoms with Crippen molar-refractivity contribution < 1.29 is 0 Å². The van der Waals surface area contributed by atoms with E-state index in [4.69, 9.17) is 0 Å². The summed E-state index contributed by atoms with van der Waals surface area (Å²) in [6.07, 6.45) is 2.37. The van der Waals surface area contributed by atoms with E-state index in [1.807, 2.05) is 5.51 Å². The van der Waals surface area contributed by atoms with Gasteiger partial charge in [-0.15, -0.1) is 22.7 Å². The van der Waals surface area contributed by atoms with E-state index in [2.05, 4.69) is 94.8 Å². The molecule has 0 unspecified atom stereocenters. The SMILES string of the molecule is CC(C)(C)c1ccc2scnc2c1.CCC(C)(CC)c1ccc2nc(C)sc2c1. The summed E-state index contributed by atoms with van der Waals surface area (Å²) in [5.74, 6) is 0.